The van der Waals surface area contributed by atoms with Crippen molar-refractivity contribution >= 4 is 0 Å². The molecule has 3 heteroatoms. The molecule has 0 unspecified atom stereocenters. The summed E-state index contributed by atoms with van der Waals surface area (Å²) in [5, 5.41) is 12.4. The summed E-state index contributed by atoms with van der Waals surface area (Å²) in [4.78, 5) is 4.40. The molecule has 0 aliphatic carbocycles. The van der Waals surface area contributed by atoms with Crippen molar-refractivity contribution in [2.45, 2.75) is 26.8 Å². The Morgan fingerprint density at radius 3 is 2.79 bits per heavy atom. The van der Waals surface area contributed by atoms with Gasteiger partial charge in [-0.2, -0.15) is 5.26 Å². The zero-order valence-electron chi connectivity index (χ0n) is 8.52. The number of hydrogen-bond acceptors (Lipinski definition) is 3. The Kier molecular flexibility index (Phi) is 2.22. The summed E-state index contributed by atoms with van der Waals surface area (Å²) in [6.45, 7) is 5.74. The first-order valence-corrected chi connectivity index (χ1v) is 4.84. The molecule has 14 heavy (non-hydrogen) atoms. The molecule has 0 atom stereocenters. The maximum atomic E-state index is 9.05. The number of nitriles is 1. The quantitative estimate of drug-likeness (QED) is 0.664. The van der Waals surface area contributed by atoms with Gasteiger partial charge in [0, 0.05) is 12.2 Å². The molecule has 0 radical (unpaired) electrons. The van der Waals surface area contributed by atoms with E-state index in [0.29, 0.717) is 0 Å². The van der Waals surface area contributed by atoms with Crippen molar-refractivity contribution in [1.82, 2.24) is 10.3 Å². The molecule has 0 amide bonds. The first-order chi connectivity index (χ1) is 6.74. The molecule has 0 aromatic carbocycles. The molecule has 1 aliphatic rings. The summed E-state index contributed by atoms with van der Waals surface area (Å²) in [7, 11) is 0. The van der Waals surface area contributed by atoms with Crippen LogP contribution in [-0.4, -0.2) is 11.5 Å². The van der Waals surface area contributed by atoms with Crippen LogP contribution in [0.3, 0.4) is 0 Å². The predicted molar refractivity (Wildman–Crippen MR) is 53.8 cm³/mol. The maximum absolute atomic E-state index is 9.05. The van der Waals surface area contributed by atoms with E-state index in [4.69, 9.17) is 5.26 Å². The Morgan fingerprint density at radius 2 is 2.07 bits per heavy atom. The molecule has 1 aromatic heterocycles. The second-order valence-corrected chi connectivity index (χ2v) is 3.65. The first-order valence-electron chi connectivity index (χ1n) is 4.84. The Hall–Kier alpha value is -1.40. The lowest BCUT2D eigenvalue weighted by Crippen LogP contribution is -2.26. The maximum Gasteiger partial charge on any atom is 0.101 e. The molecule has 2 rings (SSSR count). The first kappa shape index (κ1) is 9.17. The van der Waals surface area contributed by atoms with Crippen molar-refractivity contribution in [3.8, 4) is 6.07 Å². The zero-order chi connectivity index (χ0) is 10.1. The van der Waals surface area contributed by atoms with E-state index >= 15 is 0 Å². The van der Waals surface area contributed by atoms with Crippen molar-refractivity contribution in [3.63, 3.8) is 0 Å². The molecule has 1 N–H and O–H groups in total. The molecule has 0 saturated heterocycles. The highest BCUT2D eigenvalue weighted by Gasteiger charge is 2.17. The summed E-state index contributed by atoms with van der Waals surface area (Å²) in [5.41, 5.74) is 5.14. The monoisotopic (exact) mass is 187 g/mol. The van der Waals surface area contributed by atoms with Crippen LogP contribution >= 0.6 is 0 Å². The Morgan fingerprint density at radius 1 is 1.29 bits per heavy atom. The fourth-order valence-electron chi connectivity index (χ4n) is 2.05. The molecule has 0 bridgehead atoms. The number of nitrogens with one attached hydrogen (secondary N) is 1. The highest BCUT2D eigenvalue weighted by Crippen LogP contribution is 2.22. The van der Waals surface area contributed by atoms with Gasteiger partial charge in [-0.1, -0.05) is 0 Å². The molecule has 1 aromatic rings. The third-order valence-corrected chi connectivity index (χ3v) is 2.77. The van der Waals surface area contributed by atoms with E-state index in [2.05, 4.69) is 16.4 Å². The third kappa shape index (κ3) is 1.28. The average Bonchev–Trinajstić information content (AvgIpc) is 2.18. The molecule has 1 aliphatic heterocycles. The van der Waals surface area contributed by atoms with E-state index in [0.717, 1.165) is 36.5 Å². The van der Waals surface area contributed by atoms with Gasteiger partial charge in [-0.3, -0.25) is 4.98 Å². The van der Waals surface area contributed by atoms with Crippen molar-refractivity contribution in [3.05, 3.63) is 28.1 Å². The number of fused-ring (bicyclic) bond motifs is 1. The summed E-state index contributed by atoms with van der Waals surface area (Å²) < 4.78 is 0. The van der Waals surface area contributed by atoms with Gasteiger partial charge in [-0.05, 0) is 37.9 Å². The van der Waals surface area contributed by atoms with Gasteiger partial charge in [0.25, 0.3) is 0 Å². The number of nitrogens with zero attached hydrogens (tertiary/aromatic N) is 2. The lowest BCUT2D eigenvalue weighted by atomic mass is 9.94. The normalized spacial score (nSPS) is 14.6. The smallest absolute Gasteiger partial charge is 0.101 e. The molecule has 3 nitrogen and oxygen atoms in total. The number of hydrogen-bond donors (Lipinski definition) is 1. The Balaban J connectivity index is 2.69. The van der Waals surface area contributed by atoms with E-state index in [1.54, 1.807) is 0 Å². The number of aryl methyl sites for hydroxylation is 2. The summed E-state index contributed by atoms with van der Waals surface area (Å²) in [5.74, 6) is 0. The van der Waals surface area contributed by atoms with Gasteiger partial charge in [0.2, 0.25) is 0 Å². The highest BCUT2D eigenvalue weighted by atomic mass is 14.9. The summed E-state index contributed by atoms with van der Waals surface area (Å²) in [6, 6.07) is 2.26. The number of aromatic nitrogens is 1. The minimum absolute atomic E-state index is 0.784. The van der Waals surface area contributed by atoms with Gasteiger partial charge in [0.15, 0.2) is 0 Å². The average molecular weight is 187 g/mol. The Bertz CT molecular complexity index is 416. The molecular weight excluding hydrogens is 174 g/mol. The highest BCUT2D eigenvalue weighted by molar-refractivity contribution is 5.48. The van der Waals surface area contributed by atoms with Crippen molar-refractivity contribution in [2.24, 2.45) is 0 Å². The van der Waals surface area contributed by atoms with Crippen LogP contribution in [0.5, 0.6) is 0 Å². The van der Waals surface area contributed by atoms with Crippen LogP contribution in [0.15, 0.2) is 0 Å². The van der Waals surface area contributed by atoms with Gasteiger partial charge in [0.1, 0.15) is 6.07 Å². The van der Waals surface area contributed by atoms with Gasteiger partial charge in [-0.15, -0.1) is 0 Å². The standard InChI is InChI=1S/C11H13N3/c1-7-10(5-12)9-3-4-13-6-11(9)8(2)14-7/h13H,3-4,6H2,1-2H3. The minimum atomic E-state index is 0.784. The summed E-state index contributed by atoms with van der Waals surface area (Å²) in [6.07, 6.45) is 0.947. The van der Waals surface area contributed by atoms with Crippen LogP contribution in [0, 0.1) is 25.2 Å². The predicted octanol–water partition coefficient (Wildman–Crippen LogP) is 1.22. The topological polar surface area (TPSA) is 48.7 Å². The minimum Gasteiger partial charge on any atom is -0.312 e. The molecule has 72 valence electrons. The molecule has 2 heterocycles. The van der Waals surface area contributed by atoms with E-state index in [1.165, 1.54) is 11.1 Å². The lowest BCUT2D eigenvalue weighted by Gasteiger charge is -2.20. The Labute approximate surface area is 83.8 Å². The SMILES string of the molecule is Cc1nc(C)c2c(c1C#N)CCNC2. The van der Waals surface area contributed by atoms with Crippen LogP contribution in [0.25, 0.3) is 0 Å². The van der Waals surface area contributed by atoms with Crippen LogP contribution in [-0.2, 0) is 13.0 Å². The fraction of sp³-hybridized carbons (Fsp3) is 0.455. The van der Waals surface area contributed by atoms with Crippen LogP contribution < -0.4 is 5.32 Å². The second kappa shape index (κ2) is 3.39. The summed E-state index contributed by atoms with van der Waals surface area (Å²) >= 11 is 0. The number of pyridine rings is 1. The van der Waals surface area contributed by atoms with Gasteiger partial charge < -0.3 is 5.32 Å². The van der Waals surface area contributed by atoms with Crippen LogP contribution in [0.4, 0.5) is 0 Å². The van der Waals surface area contributed by atoms with E-state index in [-0.39, 0.29) is 0 Å². The van der Waals surface area contributed by atoms with Gasteiger partial charge in [0.05, 0.1) is 11.3 Å². The molecule has 0 fully saturated rings. The number of rotatable bonds is 0. The van der Waals surface area contributed by atoms with Crippen LogP contribution in [0.1, 0.15) is 28.1 Å². The fourth-order valence-corrected chi connectivity index (χ4v) is 2.05. The van der Waals surface area contributed by atoms with Gasteiger partial charge >= 0.3 is 0 Å². The zero-order valence-corrected chi connectivity index (χ0v) is 8.52. The largest absolute Gasteiger partial charge is 0.312 e. The van der Waals surface area contributed by atoms with Crippen molar-refractivity contribution < 1.29 is 0 Å². The van der Waals surface area contributed by atoms with E-state index in [9.17, 15) is 0 Å². The molecule has 0 spiro atoms. The second-order valence-electron chi connectivity index (χ2n) is 3.65. The molecule has 0 saturated carbocycles. The third-order valence-electron chi connectivity index (χ3n) is 2.77. The van der Waals surface area contributed by atoms with Gasteiger partial charge in [-0.25, -0.2) is 0 Å². The van der Waals surface area contributed by atoms with E-state index < -0.39 is 0 Å². The van der Waals surface area contributed by atoms with Crippen molar-refractivity contribution in [2.75, 3.05) is 6.54 Å². The van der Waals surface area contributed by atoms with E-state index in [1.807, 2.05) is 13.8 Å². The lowest BCUT2D eigenvalue weighted by molar-refractivity contribution is 0.633. The van der Waals surface area contributed by atoms with Crippen LogP contribution in [0.2, 0.25) is 0 Å². The molecular formula is C11H13N3. The van der Waals surface area contributed by atoms with Crippen molar-refractivity contribution in [1.29, 1.82) is 5.26 Å².